The molecule has 0 bridgehead atoms. The fourth-order valence-corrected chi connectivity index (χ4v) is 5.00. The lowest BCUT2D eigenvalue weighted by atomic mass is 9.82. The van der Waals surface area contributed by atoms with Crippen molar-refractivity contribution in [2.24, 2.45) is 28.9 Å². The van der Waals surface area contributed by atoms with E-state index in [9.17, 15) is 30.3 Å². The molecule has 38 heavy (non-hydrogen) atoms. The van der Waals surface area contributed by atoms with Gasteiger partial charge < -0.3 is 72.7 Å². The summed E-state index contributed by atoms with van der Waals surface area (Å²) in [5.41, 5.74) is 22.3. The average Bonchev–Trinajstić information content (AvgIpc) is 2.88. The molecule has 6 unspecified atom stereocenters. The Balaban J connectivity index is 1.81. The Morgan fingerprint density at radius 2 is 1.74 bits per heavy atom. The van der Waals surface area contributed by atoms with Crippen molar-refractivity contribution >= 4 is 5.91 Å². The minimum Gasteiger partial charge on any atom is -0.389 e. The molecule has 14 N–H and O–H groups in total. The number of nitrogens with one attached hydrogen (secondary N) is 1. The summed E-state index contributed by atoms with van der Waals surface area (Å²) in [5, 5.41) is 55.0. The van der Waals surface area contributed by atoms with Crippen LogP contribution in [0.1, 0.15) is 33.1 Å². The van der Waals surface area contributed by atoms with E-state index in [2.05, 4.69) is 5.32 Å². The number of rotatable bonds is 9. The highest BCUT2D eigenvalue weighted by Gasteiger charge is 2.51. The van der Waals surface area contributed by atoms with Crippen LogP contribution in [0.3, 0.4) is 0 Å². The van der Waals surface area contributed by atoms with E-state index in [1.165, 1.54) is 6.92 Å². The molecule has 14 atom stereocenters. The quantitative estimate of drug-likeness (QED) is 0.128. The van der Waals surface area contributed by atoms with Crippen LogP contribution in [0.4, 0.5) is 0 Å². The Kier molecular flexibility index (Phi) is 10.8. The van der Waals surface area contributed by atoms with E-state index in [-0.39, 0.29) is 32.2 Å². The Morgan fingerprint density at radius 3 is 2.37 bits per heavy atom. The molecule has 0 radical (unpaired) electrons. The molecule has 1 saturated carbocycles. The van der Waals surface area contributed by atoms with Gasteiger partial charge in [-0.3, -0.25) is 4.79 Å². The normalized spacial score (nSPS) is 45.8. The number of nitrogens with two attached hydrogens (primary N) is 4. The summed E-state index contributed by atoms with van der Waals surface area (Å²) in [4.78, 5) is 12.6. The molecule has 222 valence electrons. The maximum atomic E-state index is 12.6. The van der Waals surface area contributed by atoms with Gasteiger partial charge in [0.1, 0.15) is 30.5 Å². The second kappa shape index (κ2) is 13.1. The van der Waals surface area contributed by atoms with Gasteiger partial charge in [0.2, 0.25) is 0 Å². The highest BCUT2D eigenvalue weighted by Crippen LogP contribution is 2.34. The fourth-order valence-electron chi connectivity index (χ4n) is 5.00. The third-order valence-corrected chi connectivity index (χ3v) is 7.88. The third kappa shape index (κ3) is 6.98. The highest BCUT2D eigenvalue weighted by molar-refractivity contribution is 5.81. The molecule has 0 aromatic heterocycles. The maximum absolute atomic E-state index is 12.6. The Labute approximate surface area is 221 Å². The van der Waals surface area contributed by atoms with Crippen molar-refractivity contribution in [1.82, 2.24) is 5.32 Å². The van der Waals surface area contributed by atoms with Gasteiger partial charge in [-0.05, 0) is 26.2 Å². The smallest absolute Gasteiger partial charge is 0.251 e. The monoisotopic (exact) mass is 551 g/mol. The van der Waals surface area contributed by atoms with Crippen molar-refractivity contribution in [3.8, 4) is 0 Å². The van der Waals surface area contributed by atoms with E-state index >= 15 is 0 Å². The van der Waals surface area contributed by atoms with Crippen LogP contribution in [0, 0.1) is 5.92 Å². The summed E-state index contributed by atoms with van der Waals surface area (Å²) in [5.74, 6) is -1.60. The van der Waals surface area contributed by atoms with Gasteiger partial charge in [0.15, 0.2) is 18.7 Å². The third-order valence-electron chi connectivity index (χ3n) is 7.88. The molecule has 1 amide bonds. The summed E-state index contributed by atoms with van der Waals surface area (Å²) < 4.78 is 23.4. The van der Waals surface area contributed by atoms with Crippen molar-refractivity contribution in [2.75, 3.05) is 19.7 Å². The van der Waals surface area contributed by atoms with Crippen LogP contribution >= 0.6 is 0 Å². The standard InChI is InChI=1S/C23H45N5O10/c1-9-15(30)22(35-8-23(9,2)34)38-19-13(28-20(33)16(31)14(29)7-25)5-12(27)18(17(19)32)37-21-11(26)4-3-10(6-24)36-21/h9-19,21-22,29-32,34H,3-8,24-27H2,1-2H3,(H,28,33)/t9-,10+,11?,12+,13-,14+,15?,16+,17?,18?,19?,21-,22-,23?/m1/s1. The molecular weight excluding hydrogens is 506 g/mol. The van der Waals surface area contributed by atoms with Crippen molar-refractivity contribution in [3.63, 3.8) is 0 Å². The average molecular weight is 552 g/mol. The van der Waals surface area contributed by atoms with Crippen molar-refractivity contribution < 1.29 is 49.3 Å². The van der Waals surface area contributed by atoms with Crippen LogP contribution in [0.5, 0.6) is 0 Å². The molecule has 3 rings (SSSR count). The number of aliphatic hydroxyl groups is 5. The van der Waals surface area contributed by atoms with Gasteiger partial charge >= 0.3 is 0 Å². The molecule has 15 nitrogen and oxygen atoms in total. The summed E-state index contributed by atoms with van der Waals surface area (Å²) in [6, 6.07) is -2.32. The molecule has 2 heterocycles. The van der Waals surface area contributed by atoms with Crippen LogP contribution in [-0.2, 0) is 23.7 Å². The Bertz CT molecular complexity index is 781. The number of ether oxygens (including phenoxy) is 4. The van der Waals surface area contributed by atoms with Crippen molar-refractivity contribution in [2.45, 2.75) is 112 Å². The molecule has 3 fully saturated rings. The van der Waals surface area contributed by atoms with E-state index in [0.717, 1.165) is 0 Å². The van der Waals surface area contributed by atoms with Crippen LogP contribution in [-0.4, -0.2) is 130 Å². The number of hydrogen-bond acceptors (Lipinski definition) is 14. The van der Waals surface area contributed by atoms with E-state index in [4.69, 9.17) is 41.9 Å². The van der Waals surface area contributed by atoms with Crippen LogP contribution in [0.2, 0.25) is 0 Å². The van der Waals surface area contributed by atoms with Gasteiger partial charge in [0.25, 0.3) is 5.91 Å². The zero-order valence-corrected chi connectivity index (χ0v) is 21.8. The zero-order valence-electron chi connectivity index (χ0n) is 21.8. The van der Waals surface area contributed by atoms with E-state index in [1.54, 1.807) is 6.92 Å². The molecule has 0 aromatic carbocycles. The molecule has 1 aliphatic carbocycles. The lowest BCUT2D eigenvalue weighted by Crippen LogP contribution is -2.68. The topological polar surface area (TPSA) is 271 Å². The number of carbonyl (C=O) groups excluding carboxylic acids is 1. The summed E-state index contributed by atoms with van der Waals surface area (Å²) >= 11 is 0. The number of amides is 1. The highest BCUT2D eigenvalue weighted by atomic mass is 16.7. The van der Waals surface area contributed by atoms with Gasteiger partial charge in [0, 0.05) is 25.0 Å². The Morgan fingerprint density at radius 1 is 1.08 bits per heavy atom. The summed E-state index contributed by atoms with van der Waals surface area (Å²) in [7, 11) is 0. The molecular formula is C23H45N5O10. The second-order valence-electron chi connectivity index (χ2n) is 10.9. The summed E-state index contributed by atoms with van der Waals surface area (Å²) in [6.45, 7) is 2.90. The molecule has 0 spiro atoms. The molecule has 15 heteroatoms. The van der Waals surface area contributed by atoms with Gasteiger partial charge in [0.05, 0.1) is 30.4 Å². The molecule has 2 aliphatic heterocycles. The largest absolute Gasteiger partial charge is 0.389 e. The van der Waals surface area contributed by atoms with Crippen LogP contribution in [0.25, 0.3) is 0 Å². The van der Waals surface area contributed by atoms with E-state index in [1.807, 2.05) is 0 Å². The van der Waals surface area contributed by atoms with Crippen LogP contribution in [0.15, 0.2) is 0 Å². The van der Waals surface area contributed by atoms with Gasteiger partial charge in [-0.2, -0.15) is 0 Å². The van der Waals surface area contributed by atoms with Crippen LogP contribution < -0.4 is 28.3 Å². The molecule has 2 saturated heterocycles. The lowest BCUT2D eigenvalue weighted by molar-refractivity contribution is -0.314. The first-order valence-corrected chi connectivity index (χ1v) is 13.0. The first-order chi connectivity index (χ1) is 17.8. The SMILES string of the molecule is C[C@@H]1C(O)[C@@H](OC2C(O)C(O[C@H]3O[C@H](CN)CCC3N)[C@@H](N)C[C@H]2NC(=O)[C@@H](O)[C@@H](O)CN)OCC1(C)O. The molecule has 0 aromatic rings. The predicted molar refractivity (Wildman–Crippen MR) is 132 cm³/mol. The predicted octanol–water partition coefficient (Wildman–Crippen LogP) is -5.09. The minimum atomic E-state index is -1.84. The van der Waals surface area contributed by atoms with Crippen molar-refractivity contribution in [1.29, 1.82) is 0 Å². The molecule has 3 aliphatic rings. The number of hydrogen-bond donors (Lipinski definition) is 10. The van der Waals surface area contributed by atoms with E-state index in [0.29, 0.717) is 12.8 Å². The summed E-state index contributed by atoms with van der Waals surface area (Å²) in [6.07, 6.45) is -9.57. The first-order valence-electron chi connectivity index (χ1n) is 13.0. The maximum Gasteiger partial charge on any atom is 0.251 e. The first kappa shape index (κ1) is 31.5. The Hall–Kier alpha value is -1.05. The fraction of sp³-hybridized carbons (Fsp3) is 0.957. The lowest BCUT2D eigenvalue weighted by Gasteiger charge is -2.48. The van der Waals surface area contributed by atoms with Gasteiger partial charge in [-0.15, -0.1) is 0 Å². The van der Waals surface area contributed by atoms with Gasteiger partial charge in [-0.25, -0.2) is 0 Å². The zero-order chi connectivity index (χ0) is 28.4. The minimum absolute atomic E-state index is 0.0158. The number of aliphatic hydroxyl groups excluding tert-OH is 4. The second-order valence-corrected chi connectivity index (χ2v) is 10.9. The number of carbonyl (C=O) groups is 1. The van der Waals surface area contributed by atoms with Gasteiger partial charge in [-0.1, -0.05) is 6.92 Å². The van der Waals surface area contributed by atoms with Crippen molar-refractivity contribution in [3.05, 3.63) is 0 Å². The van der Waals surface area contributed by atoms with E-state index < -0.39 is 84.8 Å².